The van der Waals surface area contributed by atoms with Gasteiger partial charge < -0.3 is 5.73 Å². The third kappa shape index (κ3) is 2.09. The maximum absolute atomic E-state index is 12.5. The molecule has 0 aliphatic rings. The van der Waals surface area contributed by atoms with Gasteiger partial charge >= 0.3 is 0 Å². The van der Waals surface area contributed by atoms with Gasteiger partial charge in [-0.25, -0.2) is 4.98 Å². The van der Waals surface area contributed by atoms with Crippen molar-refractivity contribution in [2.45, 2.75) is 6.92 Å². The summed E-state index contributed by atoms with van der Waals surface area (Å²) in [7, 11) is 0. The van der Waals surface area contributed by atoms with Crippen LogP contribution in [-0.2, 0) is 0 Å². The molecule has 98 valence electrons. The van der Waals surface area contributed by atoms with E-state index in [1.54, 1.807) is 42.9 Å². The number of fused-ring (bicyclic) bond motifs is 1. The van der Waals surface area contributed by atoms with Crippen molar-refractivity contribution in [1.29, 1.82) is 0 Å². The number of ketones is 1. The van der Waals surface area contributed by atoms with Crippen molar-refractivity contribution in [1.82, 2.24) is 15.0 Å². The fourth-order valence-corrected chi connectivity index (χ4v) is 2.02. The summed E-state index contributed by atoms with van der Waals surface area (Å²) in [5.74, 6) is 0.0751. The lowest BCUT2D eigenvalue weighted by Crippen LogP contribution is -2.07. The van der Waals surface area contributed by atoms with Crippen LogP contribution in [0, 0.1) is 6.92 Å². The molecule has 0 aliphatic heterocycles. The first-order valence-corrected chi connectivity index (χ1v) is 6.13. The number of nitrogen functional groups attached to an aromatic ring is 1. The number of anilines is 1. The number of nitrogens with two attached hydrogens (primary N) is 1. The Kier molecular flexibility index (Phi) is 2.87. The van der Waals surface area contributed by atoms with Gasteiger partial charge in [-0.3, -0.25) is 14.8 Å². The molecule has 0 bridgehead atoms. The molecular formula is C15H12N4O. The Bertz CT molecular complexity index is 814. The average molecular weight is 264 g/mol. The van der Waals surface area contributed by atoms with Gasteiger partial charge in [0.1, 0.15) is 5.82 Å². The largest absolute Gasteiger partial charge is 0.383 e. The minimum Gasteiger partial charge on any atom is -0.383 e. The molecule has 5 heteroatoms. The fraction of sp³-hybridized carbons (Fsp3) is 0.0667. The van der Waals surface area contributed by atoms with Gasteiger partial charge in [0.2, 0.25) is 0 Å². The highest BCUT2D eigenvalue weighted by Gasteiger charge is 2.14. The first-order chi connectivity index (χ1) is 9.65. The summed E-state index contributed by atoms with van der Waals surface area (Å²) in [6.45, 7) is 1.87. The number of hydrogen-bond donors (Lipinski definition) is 1. The smallest absolute Gasteiger partial charge is 0.196 e. The predicted octanol–water partition coefficient (Wildman–Crippen LogP) is 2.15. The van der Waals surface area contributed by atoms with Crippen molar-refractivity contribution < 1.29 is 4.79 Å². The quantitative estimate of drug-likeness (QED) is 0.717. The van der Waals surface area contributed by atoms with Gasteiger partial charge in [-0.1, -0.05) is 0 Å². The standard InChI is InChI=1S/C15H12N4O/c1-9-6-11(15(16)19-8-9)14(20)10-2-3-12-13(7-10)18-5-4-17-12/h2-8H,1H3,(H2,16,19). The molecule has 0 aliphatic carbocycles. The molecule has 0 saturated heterocycles. The summed E-state index contributed by atoms with van der Waals surface area (Å²) in [6.07, 6.45) is 4.85. The monoisotopic (exact) mass is 264 g/mol. The van der Waals surface area contributed by atoms with E-state index < -0.39 is 0 Å². The Labute approximate surface area is 115 Å². The van der Waals surface area contributed by atoms with Crippen LogP contribution in [0.1, 0.15) is 21.5 Å². The van der Waals surface area contributed by atoms with Gasteiger partial charge in [0.05, 0.1) is 16.6 Å². The van der Waals surface area contributed by atoms with E-state index in [1.165, 1.54) is 0 Å². The zero-order valence-corrected chi connectivity index (χ0v) is 10.9. The average Bonchev–Trinajstić information content (AvgIpc) is 2.48. The van der Waals surface area contributed by atoms with E-state index in [4.69, 9.17) is 5.73 Å². The van der Waals surface area contributed by atoms with Crippen molar-refractivity contribution in [3.8, 4) is 0 Å². The lowest BCUT2D eigenvalue weighted by Gasteiger charge is -2.06. The first kappa shape index (κ1) is 12.2. The van der Waals surface area contributed by atoms with Crippen LogP contribution < -0.4 is 5.73 Å². The van der Waals surface area contributed by atoms with E-state index in [2.05, 4.69) is 15.0 Å². The number of pyridine rings is 1. The minimum atomic E-state index is -0.161. The second-order valence-electron chi connectivity index (χ2n) is 4.53. The van der Waals surface area contributed by atoms with E-state index in [1.807, 2.05) is 6.92 Å². The molecule has 2 N–H and O–H groups in total. The SMILES string of the molecule is Cc1cnc(N)c(C(=O)c2ccc3nccnc3c2)c1. The second-order valence-corrected chi connectivity index (χ2v) is 4.53. The zero-order chi connectivity index (χ0) is 14.1. The molecular weight excluding hydrogens is 252 g/mol. The number of carbonyl (C=O) groups excluding carboxylic acids is 1. The van der Waals surface area contributed by atoms with Crippen molar-refractivity contribution >= 4 is 22.6 Å². The lowest BCUT2D eigenvalue weighted by atomic mass is 10.0. The fourth-order valence-electron chi connectivity index (χ4n) is 2.02. The summed E-state index contributed by atoms with van der Waals surface area (Å²) in [4.78, 5) is 24.9. The van der Waals surface area contributed by atoms with E-state index >= 15 is 0 Å². The number of aromatic nitrogens is 3. The van der Waals surface area contributed by atoms with Gasteiger partial charge in [-0.05, 0) is 36.8 Å². The van der Waals surface area contributed by atoms with Crippen molar-refractivity contribution in [3.63, 3.8) is 0 Å². The molecule has 20 heavy (non-hydrogen) atoms. The summed E-state index contributed by atoms with van der Waals surface area (Å²) >= 11 is 0. The van der Waals surface area contributed by atoms with Gasteiger partial charge in [0.25, 0.3) is 0 Å². The zero-order valence-electron chi connectivity index (χ0n) is 10.9. The van der Waals surface area contributed by atoms with Gasteiger partial charge in [-0.2, -0.15) is 0 Å². The third-order valence-corrected chi connectivity index (χ3v) is 3.03. The number of rotatable bonds is 2. The Morgan fingerprint density at radius 2 is 1.80 bits per heavy atom. The van der Waals surface area contributed by atoms with Crippen LogP contribution in [0.4, 0.5) is 5.82 Å². The maximum atomic E-state index is 12.5. The predicted molar refractivity (Wildman–Crippen MR) is 76.4 cm³/mol. The molecule has 5 nitrogen and oxygen atoms in total. The van der Waals surface area contributed by atoms with Crippen LogP contribution in [0.5, 0.6) is 0 Å². The molecule has 0 atom stereocenters. The van der Waals surface area contributed by atoms with E-state index in [-0.39, 0.29) is 11.6 Å². The summed E-state index contributed by atoms with van der Waals surface area (Å²) in [5, 5.41) is 0. The number of aryl methyl sites for hydroxylation is 1. The van der Waals surface area contributed by atoms with E-state index in [9.17, 15) is 4.79 Å². The second kappa shape index (κ2) is 4.70. The van der Waals surface area contributed by atoms with Gasteiger partial charge in [-0.15, -0.1) is 0 Å². The molecule has 0 fully saturated rings. The van der Waals surface area contributed by atoms with Crippen molar-refractivity contribution in [2.75, 3.05) is 5.73 Å². The first-order valence-electron chi connectivity index (χ1n) is 6.13. The topological polar surface area (TPSA) is 81.8 Å². The summed E-state index contributed by atoms with van der Waals surface area (Å²) in [6, 6.07) is 6.95. The van der Waals surface area contributed by atoms with Crippen LogP contribution in [0.3, 0.4) is 0 Å². The molecule has 0 saturated carbocycles. The molecule has 0 amide bonds. The number of benzene rings is 1. The number of nitrogens with zero attached hydrogens (tertiary/aromatic N) is 3. The van der Waals surface area contributed by atoms with Gasteiger partial charge in [0, 0.05) is 24.2 Å². The molecule has 0 radical (unpaired) electrons. The van der Waals surface area contributed by atoms with E-state index in [0.29, 0.717) is 16.6 Å². The van der Waals surface area contributed by atoms with Crippen LogP contribution in [0.25, 0.3) is 11.0 Å². The molecule has 2 heterocycles. The third-order valence-electron chi connectivity index (χ3n) is 3.03. The number of carbonyl (C=O) groups is 1. The van der Waals surface area contributed by atoms with Crippen LogP contribution in [0.15, 0.2) is 42.9 Å². The highest BCUT2D eigenvalue weighted by molar-refractivity contribution is 6.12. The maximum Gasteiger partial charge on any atom is 0.196 e. The Morgan fingerprint density at radius 3 is 2.60 bits per heavy atom. The van der Waals surface area contributed by atoms with Crippen LogP contribution >= 0.6 is 0 Å². The highest BCUT2D eigenvalue weighted by Crippen LogP contribution is 2.18. The lowest BCUT2D eigenvalue weighted by molar-refractivity contribution is 0.103. The molecule has 2 aromatic heterocycles. The van der Waals surface area contributed by atoms with Crippen molar-refractivity contribution in [3.05, 3.63) is 59.5 Å². The van der Waals surface area contributed by atoms with Crippen LogP contribution in [0.2, 0.25) is 0 Å². The van der Waals surface area contributed by atoms with E-state index in [0.717, 1.165) is 11.1 Å². The van der Waals surface area contributed by atoms with Crippen LogP contribution in [-0.4, -0.2) is 20.7 Å². The highest BCUT2D eigenvalue weighted by atomic mass is 16.1. The van der Waals surface area contributed by atoms with Crippen molar-refractivity contribution in [2.24, 2.45) is 0 Å². The molecule has 3 aromatic rings. The number of hydrogen-bond acceptors (Lipinski definition) is 5. The Morgan fingerprint density at radius 1 is 1.05 bits per heavy atom. The summed E-state index contributed by atoms with van der Waals surface area (Å²) < 4.78 is 0. The normalized spacial score (nSPS) is 10.7. The molecule has 1 aromatic carbocycles. The summed E-state index contributed by atoms with van der Waals surface area (Å²) in [5.41, 5.74) is 9.04. The molecule has 3 rings (SSSR count). The minimum absolute atomic E-state index is 0.161. The Hall–Kier alpha value is -2.82. The Balaban J connectivity index is 2.10. The molecule has 0 spiro atoms. The molecule has 0 unspecified atom stereocenters. The van der Waals surface area contributed by atoms with Gasteiger partial charge in [0.15, 0.2) is 5.78 Å².